The van der Waals surface area contributed by atoms with Crippen molar-refractivity contribution < 1.29 is 9.15 Å². The minimum atomic E-state index is -0.319. The van der Waals surface area contributed by atoms with Crippen LogP contribution in [0.3, 0.4) is 0 Å². The van der Waals surface area contributed by atoms with Crippen LogP contribution in [0.2, 0.25) is 5.02 Å². The molecule has 27 heavy (non-hydrogen) atoms. The van der Waals surface area contributed by atoms with Crippen LogP contribution in [0.15, 0.2) is 57.7 Å². The molecule has 0 unspecified atom stereocenters. The van der Waals surface area contributed by atoms with Gasteiger partial charge in [0, 0.05) is 54.9 Å². The molecule has 0 aliphatic carbocycles. The highest BCUT2D eigenvalue weighted by Gasteiger charge is 2.19. The molecule has 0 atom stereocenters. The second-order valence-electron chi connectivity index (χ2n) is 6.70. The third-order valence-corrected chi connectivity index (χ3v) is 5.21. The zero-order valence-corrected chi connectivity index (χ0v) is 15.9. The highest BCUT2D eigenvalue weighted by Crippen LogP contribution is 2.25. The zero-order valence-electron chi connectivity index (χ0n) is 15.2. The van der Waals surface area contributed by atoms with Crippen molar-refractivity contribution in [2.75, 3.05) is 38.2 Å². The van der Waals surface area contributed by atoms with E-state index in [0.29, 0.717) is 12.1 Å². The summed E-state index contributed by atoms with van der Waals surface area (Å²) in [5, 5.41) is 1.68. The van der Waals surface area contributed by atoms with Crippen LogP contribution in [0.25, 0.3) is 11.0 Å². The van der Waals surface area contributed by atoms with Gasteiger partial charge in [-0.3, -0.25) is 4.90 Å². The molecule has 0 bridgehead atoms. The molecule has 0 radical (unpaired) electrons. The number of halogens is 1. The first-order valence-corrected chi connectivity index (χ1v) is 9.34. The lowest BCUT2D eigenvalue weighted by molar-refractivity contribution is 0.250. The zero-order chi connectivity index (χ0) is 18.8. The normalized spacial score (nSPS) is 15.3. The molecular formula is C21H21ClN2O3. The lowest BCUT2D eigenvalue weighted by Crippen LogP contribution is -2.46. The van der Waals surface area contributed by atoms with Crippen molar-refractivity contribution in [3.05, 3.63) is 69.5 Å². The quantitative estimate of drug-likeness (QED) is 0.640. The van der Waals surface area contributed by atoms with Gasteiger partial charge in [-0.05, 0) is 42.0 Å². The second-order valence-corrected chi connectivity index (χ2v) is 7.13. The van der Waals surface area contributed by atoms with Gasteiger partial charge < -0.3 is 14.1 Å². The molecular weight excluding hydrogens is 364 g/mol. The summed E-state index contributed by atoms with van der Waals surface area (Å²) in [7, 11) is 1.63. The minimum Gasteiger partial charge on any atom is -0.497 e. The van der Waals surface area contributed by atoms with E-state index in [-0.39, 0.29) is 5.63 Å². The maximum Gasteiger partial charge on any atom is 0.336 e. The average molecular weight is 385 g/mol. The summed E-state index contributed by atoms with van der Waals surface area (Å²) in [4.78, 5) is 16.6. The topological polar surface area (TPSA) is 45.9 Å². The Morgan fingerprint density at radius 2 is 1.89 bits per heavy atom. The number of nitrogens with zero attached hydrogens (tertiary/aromatic N) is 2. The van der Waals surface area contributed by atoms with Gasteiger partial charge >= 0.3 is 5.63 Å². The first kappa shape index (κ1) is 17.9. The lowest BCUT2D eigenvalue weighted by Gasteiger charge is -2.36. The molecule has 0 N–H and O–H groups in total. The number of rotatable bonds is 4. The van der Waals surface area contributed by atoms with E-state index in [1.165, 1.54) is 0 Å². The Kier molecular flexibility index (Phi) is 5.05. The summed E-state index contributed by atoms with van der Waals surface area (Å²) in [5.74, 6) is 0.753. The molecule has 1 aliphatic heterocycles. The van der Waals surface area contributed by atoms with Crippen molar-refractivity contribution in [1.82, 2.24) is 4.90 Å². The number of ether oxygens (including phenoxy) is 1. The summed E-state index contributed by atoms with van der Waals surface area (Å²) in [5.41, 5.74) is 2.39. The molecule has 5 nitrogen and oxygen atoms in total. The molecule has 1 aliphatic rings. The Balaban J connectivity index is 1.51. The predicted molar refractivity (Wildman–Crippen MR) is 108 cm³/mol. The third-order valence-electron chi connectivity index (χ3n) is 4.97. The Morgan fingerprint density at radius 1 is 1.07 bits per heavy atom. The van der Waals surface area contributed by atoms with E-state index in [9.17, 15) is 4.79 Å². The fraction of sp³-hybridized carbons (Fsp3) is 0.286. The summed E-state index contributed by atoms with van der Waals surface area (Å²) >= 11 is 6.11. The predicted octanol–water partition coefficient (Wildman–Crippen LogP) is 3.78. The highest BCUT2D eigenvalue weighted by molar-refractivity contribution is 6.30. The van der Waals surface area contributed by atoms with E-state index < -0.39 is 0 Å². The van der Waals surface area contributed by atoms with Crippen LogP contribution >= 0.6 is 11.6 Å². The second kappa shape index (κ2) is 7.62. The number of methoxy groups -OCH3 is 1. The van der Waals surface area contributed by atoms with Gasteiger partial charge in [0.15, 0.2) is 0 Å². The van der Waals surface area contributed by atoms with E-state index in [2.05, 4.69) is 15.9 Å². The van der Waals surface area contributed by atoms with Gasteiger partial charge in [-0.25, -0.2) is 4.79 Å². The fourth-order valence-corrected chi connectivity index (χ4v) is 3.73. The van der Waals surface area contributed by atoms with Crippen LogP contribution < -0.4 is 15.3 Å². The van der Waals surface area contributed by atoms with Gasteiger partial charge in [0.05, 0.1) is 7.11 Å². The maximum atomic E-state index is 11.9. The van der Waals surface area contributed by atoms with Crippen LogP contribution in [0.4, 0.5) is 5.69 Å². The first-order valence-electron chi connectivity index (χ1n) is 8.96. The van der Waals surface area contributed by atoms with Crippen molar-refractivity contribution in [2.45, 2.75) is 6.54 Å². The number of hydrogen-bond donors (Lipinski definition) is 0. The lowest BCUT2D eigenvalue weighted by atomic mass is 10.1. The number of piperazine rings is 1. The summed E-state index contributed by atoms with van der Waals surface area (Å²) in [6, 6.07) is 15.1. The van der Waals surface area contributed by atoms with Gasteiger partial charge in [-0.2, -0.15) is 0 Å². The Hall–Kier alpha value is -2.50. The Bertz CT molecular complexity index is 1010. The minimum absolute atomic E-state index is 0.319. The van der Waals surface area contributed by atoms with Gasteiger partial charge in [0.1, 0.15) is 11.3 Å². The monoisotopic (exact) mass is 384 g/mol. The fourth-order valence-electron chi connectivity index (χ4n) is 3.54. The average Bonchev–Trinajstić information content (AvgIpc) is 2.68. The van der Waals surface area contributed by atoms with Crippen LogP contribution in [-0.4, -0.2) is 38.2 Å². The van der Waals surface area contributed by atoms with Crippen molar-refractivity contribution in [3.63, 3.8) is 0 Å². The van der Waals surface area contributed by atoms with E-state index in [4.69, 9.17) is 20.8 Å². The SMILES string of the molecule is COc1ccc2oc(=O)cc(CN3CCN(c4cccc(Cl)c4)CC3)c2c1. The maximum absolute atomic E-state index is 11.9. The Morgan fingerprint density at radius 3 is 2.63 bits per heavy atom. The van der Waals surface area contributed by atoms with E-state index >= 15 is 0 Å². The third kappa shape index (κ3) is 3.94. The standard InChI is InChI=1S/C21H21ClN2O3/c1-26-18-5-6-20-19(13-18)15(11-21(25)27-20)14-23-7-9-24(10-8-23)17-4-2-3-16(22)12-17/h2-6,11-13H,7-10,14H2,1H3. The molecule has 0 saturated carbocycles. The number of benzene rings is 2. The van der Waals surface area contributed by atoms with E-state index in [1.807, 2.05) is 24.3 Å². The molecule has 3 aromatic rings. The molecule has 1 fully saturated rings. The largest absolute Gasteiger partial charge is 0.497 e. The summed E-state index contributed by atoms with van der Waals surface area (Å²) < 4.78 is 10.6. The van der Waals surface area contributed by atoms with E-state index in [0.717, 1.165) is 53.6 Å². The van der Waals surface area contributed by atoms with Crippen LogP contribution in [0, 0.1) is 0 Å². The van der Waals surface area contributed by atoms with Crippen LogP contribution in [-0.2, 0) is 6.54 Å². The number of anilines is 1. The van der Waals surface area contributed by atoms with Gasteiger partial charge in [-0.15, -0.1) is 0 Å². The van der Waals surface area contributed by atoms with Gasteiger partial charge in [0.2, 0.25) is 0 Å². The highest BCUT2D eigenvalue weighted by atomic mass is 35.5. The van der Waals surface area contributed by atoms with E-state index in [1.54, 1.807) is 25.3 Å². The molecule has 1 aromatic heterocycles. The van der Waals surface area contributed by atoms with Crippen molar-refractivity contribution in [2.24, 2.45) is 0 Å². The molecule has 2 aromatic carbocycles. The smallest absolute Gasteiger partial charge is 0.336 e. The molecule has 140 valence electrons. The summed E-state index contributed by atoms with van der Waals surface area (Å²) in [6.45, 7) is 4.38. The molecule has 0 spiro atoms. The van der Waals surface area contributed by atoms with Crippen LogP contribution in [0.5, 0.6) is 5.75 Å². The molecule has 0 amide bonds. The van der Waals surface area contributed by atoms with Gasteiger partial charge in [0.25, 0.3) is 0 Å². The van der Waals surface area contributed by atoms with Crippen LogP contribution in [0.1, 0.15) is 5.56 Å². The Labute approximate surface area is 162 Å². The number of fused-ring (bicyclic) bond motifs is 1. The van der Waals surface area contributed by atoms with Crippen molar-refractivity contribution in [1.29, 1.82) is 0 Å². The number of hydrogen-bond acceptors (Lipinski definition) is 5. The molecule has 6 heteroatoms. The first-order chi connectivity index (χ1) is 13.1. The molecule has 4 rings (SSSR count). The molecule has 2 heterocycles. The van der Waals surface area contributed by atoms with Crippen molar-refractivity contribution >= 4 is 28.3 Å². The summed E-state index contributed by atoms with van der Waals surface area (Å²) in [6.07, 6.45) is 0. The molecule has 1 saturated heterocycles. The van der Waals surface area contributed by atoms with Crippen molar-refractivity contribution in [3.8, 4) is 5.75 Å². The van der Waals surface area contributed by atoms with Gasteiger partial charge in [-0.1, -0.05) is 17.7 Å².